The lowest BCUT2D eigenvalue weighted by Gasteiger charge is -2.34. The number of aromatic nitrogens is 5. The van der Waals surface area contributed by atoms with Crippen molar-refractivity contribution in [2.45, 2.75) is 71.2 Å². The lowest BCUT2D eigenvalue weighted by atomic mass is 9.91. The third-order valence-electron chi connectivity index (χ3n) is 6.94. The van der Waals surface area contributed by atoms with Gasteiger partial charge >= 0.3 is 5.69 Å². The highest BCUT2D eigenvalue weighted by molar-refractivity contribution is 5.78. The van der Waals surface area contributed by atoms with Crippen molar-refractivity contribution in [3.8, 4) is 17.3 Å². The van der Waals surface area contributed by atoms with Crippen LogP contribution >= 0.6 is 0 Å². The van der Waals surface area contributed by atoms with E-state index in [1.54, 1.807) is 23.6 Å². The van der Waals surface area contributed by atoms with Crippen LogP contribution in [0.15, 0.2) is 52.1 Å². The molecule has 5 rings (SSSR count). The van der Waals surface area contributed by atoms with Gasteiger partial charge in [-0.25, -0.2) is 23.5 Å². The Morgan fingerprint density at radius 3 is 2.41 bits per heavy atom. The SMILES string of the molecule is Cc1nc(OC2CC(F)(F)C2)ccc1-c1nc2c(c(=O)n(CCCO)c(=O)n2C(C)C)n1Cc1ccccc1. The van der Waals surface area contributed by atoms with Gasteiger partial charge < -0.3 is 14.4 Å². The summed E-state index contributed by atoms with van der Waals surface area (Å²) in [5.74, 6) is -2.00. The smallest absolute Gasteiger partial charge is 0.332 e. The molecule has 0 amide bonds. The Morgan fingerprint density at radius 1 is 1.08 bits per heavy atom. The predicted octanol–water partition coefficient (Wildman–Crippen LogP) is 3.92. The van der Waals surface area contributed by atoms with Crippen LogP contribution in [0.4, 0.5) is 8.78 Å². The van der Waals surface area contributed by atoms with Gasteiger partial charge in [-0.15, -0.1) is 0 Å². The van der Waals surface area contributed by atoms with Crippen LogP contribution in [0, 0.1) is 6.92 Å². The van der Waals surface area contributed by atoms with Gasteiger partial charge in [0, 0.05) is 50.2 Å². The largest absolute Gasteiger partial charge is 0.474 e. The van der Waals surface area contributed by atoms with Crippen molar-refractivity contribution >= 4 is 11.2 Å². The molecule has 9 nitrogen and oxygen atoms in total. The van der Waals surface area contributed by atoms with Crippen LogP contribution in [-0.2, 0) is 13.1 Å². The first-order chi connectivity index (χ1) is 18.6. The number of ether oxygens (including phenoxy) is 1. The molecular weight excluding hydrogens is 508 g/mol. The minimum absolute atomic E-state index is 0.0789. The molecule has 0 spiro atoms. The maximum Gasteiger partial charge on any atom is 0.332 e. The maximum absolute atomic E-state index is 13.7. The van der Waals surface area contributed by atoms with Crippen LogP contribution in [0.3, 0.4) is 0 Å². The zero-order chi connectivity index (χ0) is 27.9. The highest BCUT2D eigenvalue weighted by Gasteiger charge is 2.47. The van der Waals surface area contributed by atoms with Gasteiger partial charge in [-0.2, -0.15) is 0 Å². The number of pyridine rings is 1. The molecule has 0 atom stereocenters. The minimum Gasteiger partial charge on any atom is -0.474 e. The van der Waals surface area contributed by atoms with E-state index in [1.165, 1.54) is 4.57 Å². The van der Waals surface area contributed by atoms with Gasteiger partial charge in [0.1, 0.15) is 11.9 Å². The number of aliphatic hydroxyl groups excluding tert-OH is 1. The molecule has 0 unspecified atom stereocenters. The molecule has 1 aliphatic carbocycles. The van der Waals surface area contributed by atoms with E-state index in [0.717, 1.165) is 10.1 Å². The standard InChI is InChI=1S/C28H31F2N5O4/c1-17(2)35-25-23(26(37)33(27(35)38)12-7-13-36)34(16-19-8-5-4-6-9-19)24(32-25)21-10-11-22(31-18(21)3)39-20-14-28(29,30)15-20/h4-6,8-11,17,20,36H,7,12-16H2,1-3H3. The van der Waals surface area contributed by atoms with E-state index in [1.807, 2.05) is 44.2 Å². The van der Waals surface area contributed by atoms with E-state index in [2.05, 4.69) is 4.98 Å². The molecule has 1 fully saturated rings. The third kappa shape index (κ3) is 5.10. The molecule has 0 radical (unpaired) electrons. The molecule has 3 aromatic heterocycles. The average Bonchev–Trinajstić information content (AvgIpc) is 3.21. The number of hydrogen-bond donors (Lipinski definition) is 1. The summed E-state index contributed by atoms with van der Waals surface area (Å²) in [7, 11) is 0. The topological polar surface area (TPSA) is 104 Å². The van der Waals surface area contributed by atoms with E-state index < -0.39 is 23.3 Å². The van der Waals surface area contributed by atoms with Gasteiger partial charge in [-0.05, 0) is 38.8 Å². The van der Waals surface area contributed by atoms with Gasteiger partial charge in [0.25, 0.3) is 11.5 Å². The number of aliphatic hydroxyl groups is 1. The van der Waals surface area contributed by atoms with Crippen LogP contribution in [-0.4, -0.2) is 47.4 Å². The Kier molecular flexibility index (Phi) is 7.11. The average molecular weight is 540 g/mol. The van der Waals surface area contributed by atoms with Crippen LogP contribution in [0.25, 0.3) is 22.6 Å². The molecule has 1 aromatic carbocycles. The fourth-order valence-electron chi connectivity index (χ4n) is 4.97. The molecule has 1 aliphatic rings. The molecule has 4 aromatic rings. The third-order valence-corrected chi connectivity index (χ3v) is 6.94. The zero-order valence-electron chi connectivity index (χ0n) is 22.1. The Hall–Kier alpha value is -3.86. The summed E-state index contributed by atoms with van der Waals surface area (Å²) < 4.78 is 36.6. The summed E-state index contributed by atoms with van der Waals surface area (Å²) >= 11 is 0. The van der Waals surface area contributed by atoms with E-state index in [0.29, 0.717) is 23.6 Å². The number of rotatable bonds is 9. The summed E-state index contributed by atoms with van der Waals surface area (Å²) in [5, 5.41) is 9.36. The molecule has 1 N–H and O–H groups in total. The van der Waals surface area contributed by atoms with Crippen LogP contribution in [0.1, 0.15) is 50.4 Å². The molecule has 11 heteroatoms. The Labute approximate surface area is 223 Å². The fourth-order valence-corrected chi connectivity index (χ4v) is 4.97. The lowest BCUT2D eigenvalue weighted by molar-refractivity contribution is -0.135. The summed E-state index contributed by atoms with van der Waals surface area (Å²) in [5.41, 5.74) is 1.67. The van der Waals surface area contributed by atoms with Crippen molar-refractivity contribution in [2.24, 2.45) is 0 Å². The van der Waals surface area contributed by atoms with Gasteiger partial charge in [0.05, 0.1) is 5.69 Å². The molecule has 39 heavy (non-hydrogen) atoms. The predicted molar refractivity (Wildman–Crippen MR) is 142 cm³/mol. The van der Waals surface area contributed by atoms with Crippen molar-refractivity contribution in [3.63, 3.8) is 0 Å². The number of alkyl halides is 2. The fraction of sp³-hybridized carbons (Fsp3) is 0.429. The summed E-state index contributed by atoms with van der Waals surface area (Å²) in [6, 6.07) is 12.7. The maximum atomic E-state index is 13.7. The van der Waals surface area contributed by atoms with E-state index >= 15 is 0 Å². The van der Waals surface area contributed by atoms with Crippen molar-refractivity contribution < 1.29 is 18.6 Å². The summed E-state index contributed by atoms with van der Waals surface area (Å²) in [4.78, 5) is 36.4. The molecule has 0 saturated heterocycles. The molecule has 1 saturated carbocycles. The Balaban J connectivity index is 1.69. The summed E-state index contributed by atoms with van der Waals surface area (Å²) in [6.45, 7) is 5.69. The van der Waals surface area contributed by atoms with Crippen LogP contribution in [0.5, 0.6) is 5.88 Å². The van der Waals surface area contributed by atoms with E-state index in [4.69, 9.17) is 9.72 Å². The molecule has 3 heterocycles. The number of fused-ring (bicyclic) bond motifs is 1. The molecule has 0 bridgehead atoms. The van der Waals surface area contributed by atoms with Crippen molar-refractivity contribution in [2.75, 3.05) is 6.61 Å². The summed E-state index contributed by atoms with van der Waals surface area (Å²) in [6.07, 6.45) is -0.997. The van der Waals surface area contributed by atoms with E-state index in [-0.39, 0.29) is 55.5 Å². The van der Waals surface area contributed by atoms with Crippen molar-refractivity contribution in [3.05, 3.63) is 74.6 Å². The van der Waals surface area contributed by atoms with Gasteiger partial charge in [0.2, 0.25) is 5.88 Å². The minimum atomic E-state index is -2.70. The number of nitrogens with zero attached hydrogens (tertiary/aromatic N) is 5. The van der Waals surface area contributed by atoms with Crippen LogP contribution < -0.4 is 16.0 Å². The Morgan fingerprint density at radius 2 is 1.79 bits per heavy atom. The Bertz CT molecular complexity index is 1620. The van der Waals surface area contributed by atoms with Gasteiger partial charge in [-0.3, -0.25) is 13.9 Å². The monoisotopic (exact) mass is 539 g/mol. The van der Waals surface area contributed by atoms with E-state index in [9.17, 15) is 23.5 Å². The first-order valence-corrected chi connectivity index (χ1v) is 13.0. The highest BCUT2D eigenvalue weighted by Crippen LogP contribution is 2.39. The first-order valence-electron chi connectivity index (χ1n) is 13.0. The highest BCUT2D eigenvalue weighted by atomic mass is 19.3. The van der Waals surface area contributed by atoms with Crippen LogP contribution in [0.2, 0.25) is 0 Å². The molecular formula is C28H31F2N5O4. The second kappa shape index (κ2) is 10.4. The molecule has 0 aliphatic heterocycles. The number of hydrogen-bond acceptors (Lipinski definition) is 6. The number of imidazole rings is 1. The quantitative estimate of drug-likeness (QED) is 0.346. The van der Waals surface area contributed by atoms with Crippen molar-refractivity contribution in [1.82, 2.24) is 23.7 Å². The normalized spacial score (nSPS) is 15.2. The van der Waals surface area contributed by atoms with Gasteiger partial charge in [0.15, 0.2) is 11.2 Å². The number of benzene rings is 1. The van der Waals surface area contributed by atoms with Crippen molar-refractivity contribution in [1.29, 1.82) is 0 Å². The zero-order valence-corrected chi connectivity index (χ0v) is 22.1. The number of aryl methyl sites for hydroxylation is 1. The first kappa shape index (κ1) is 26.7. The number of halogens is 2. The second-order valence-electron chi connectivity index (χ2n) is 10.2. The lowest BCUT2D eigenvalue weighted by Crippen LogP contribution is -2.43. The van der Waals surface area contributed by atoms with Gasteiger partial charge in [-0.1, -0.05) is 30.3 Å². The second-order valence-corrected chi connectivity index (χ2v) is 10.2. The molecule has 206 valence electrons.